The van der Waals surface area contributed by atoms with Gasteiger partial charge in [-0.3, -0.25) is 0 Å². The van der Waals surface area contributed by atoms with Crippen molar-refractivity contribution in [3.63, 3.8) is 0 Å². The lowest BCUT2D eigenvalue weighted by Crippen LogP contribution is -2.43. The third kappa shape index (κ3) is 1.61. The molecule has 0 aliphatic heterocycles. The maximum absolute atomic E-state index is 5.75. The summed E-state index contributed by atoms with van der Waals surface area (Å²) in [5, 5.41) is 0. The van der Waals surface area contributed by atoms with Crippen LogP contribution in [0.4, 0.5) is 0 Å². The second-order valence-electron chi connectivity index (χ2n) is 6.46. The van der Waals surface area contributed by atoms with E-state index in [0.29, 0.717) is 0 Å². The minimum absolute atomic E-state index is 0.720. The summed E-state index contributed by atoms with van der Waals surface area (Å²) in [5.74, 6) is 5.09. The van der Waals surface area contributed by atoms with Crippen molar-refractivity contribution >= 4 is 11.3 Å². The zero-order chi connectivity index (χ0) is 11.4. The lowest BCUT2D eigenvalue weighted by Gasteiger charge is -2.54. The molecule has 0 atom stereocenters. The second kappa shape index (κ2) is 3.83. The minimum Gasteiger partial charge on any atom is -0.326 e. The van der Waals surface area contributed by atoms with Gasteiger partial charge in [0.1, 0.15) is 0 Å². The van der Waals surface area contributed by atoms with Crippen molar-refractivity contribution in [3.8, 4) is 0 Å². The summed E-state index contributed by atoms with van der Waals surface area (Å²) in [4.78, 5) is 3.02. The van der Waals surface area contributed by atoms with Crippen LogP contribution in [0, 0.1) is 23.7 Å². The van der Waals surface area contributed by atoms with E-state index in [0.717, 1.165) is 36.1 Å². The van der Waals surface area contributed by atoms with Gasteiger partial charge in [-0.25, -0.2) is 0 Å². The highest BCUT2D eigenvalue weighted by Crippen LogP contribution is 2.60. The number of rotatable bonds is 2. The SMILES string of the molecule is NCc1ccc(C2C3CC4CC(C3)CC2C4)s1. The quantitative estimate of drug-likeness (QED) is 0.846. The first-order valence-electron chi connectivity index (χ1n) is 7.12. The number of nitrogens with two attached hydrogens (primary N) is 1. The maximum Gasteiger partial charge on any atom is 0.0273 e. The second-order valence-corrected chi connectivity index (χ2v) is 7.66. The molecule has 1 heterocycles. The van der Waals surface area contributed by atoms with Crippen LogP contribution in [0.3, 0.4) is 0 Å². The van der Waals surface area contributed by atoms with Gasteiger partial charge in [0.2, 0.25) is 0 Å². The summed E-state index contributed by atoms with van der Waals surface area (Å²) in [7, 11) is 0. The molecule has 1 nitrogen and oxygen atoms in total. The first-order chi connectivity index (χ1) is 8.33. The Morgan fingerprint density at radius 1 is 1.00 bits per heavy atom. The van der Waals surface area contributed by atoms with Gasteiger partial charge in [0.15, 0.2) is 0 Å². The van der Waals surface area contributed by atoms with E-state index >= 15 is 0 Å². The molecule has 92 valence electrons. The van der Waals surface area contributed by atoms with Gasteiger partial charge in [0.25, 0.3) is 0 Å². The van der Waals surface area contributed by atoms with Crippen LogP contribution < -0.4 is 5.73 Å². The summed E-state index contributed by atoms with van der Waals surface area (Å²) in [6.07, 6.45) is 7.64. The van der Waals surface area contributed by atoms with Crippen molar-refractivity contribution in [2.45, 2.75) is 44.6 Å². The predicted octanol–water partition coefficient (Wildman–Crippen LogP) is 3.75. The van der Waals surface area contributed by atoms with Crippen LogP contribution in [0.2, 0.25) is 0 Å². The number of hydrogen-bond acceptors (Lipinski definition) is 2. The molecular formula is C15H21NS. The Morgan fingerprint density at radius 2 is 1.65 bits per heavy atom. The van der Waals surface area contributed by atoms with Gasteiger partial charge >= 0.3 is 0 Å². The van der Waals surface area contributed by atoms with Gasteiger partial charge in [-0.15, -0.1) is 11.3 Å². The molecule has 0 spiro atoms. The molecule has 2 N–H and O–H groups in total. The van der Waals surface area contributed by atoms with Crippen LogP contribution in [-0.4, -0.2) is 0 Å². The van der Waals surface area contributed by atoms with Crippen LogP contribution in [0.5, 0.6) is 0 Å². The topological polar surface area (TPSA) is 26.0 Å². The van der Waals surface area contributed by atoms with Gasteiger partial charge < -0.3 is 5.73 Å². The number of thiophene rings is 1. The zero-order valence-corrected chi connectivity index (χ0v) is 11.1. The largest absolute Gasteiger partial charge is 0.326 e. The van der Waals surface area contributed by atoms with E-state index in [2.05, 4.69) is 12.1 Å². The molecule has 2 heteroatoms. The summed E-state index contributed by atoms with van der Waals surface area (Å²) < 4.78 is 0. The van der Waals surface area contributed by atoms with Crippen LogP contribution in [0.1, 0.15) is 47.8 Å². The maximum atomic E-state index is 5.75. The Hall–Kier alpha value is -0.340. The highest BCUT2D eigenvalue weighted by Gasteiger charge is 2.48. The van der Waals surface area contributed by atoms with Crippen molar-refractivity contribution in [2.75, 3.05) is 0 Å². The standard InChI is InChI=1S/C15H21NS/c16-8-13-1-2-14(17-13)15-11-4-9-3-10(6-11)7-12(15)5-9/h1-2,9-12,15H,3-8,16H2. The Kier molecular flexibility index (Phi) is 2.38. The molecule has 4 saturated carbocycles. The van der Waals surface area contributed by atoms with E-state index in [1.807, 2.05) is 11.3 Å². The molecule has 0 aromatic carbocycles. The van der Waals surface area contributed by atoms with Crippen molar-refractivity contribution < 1.29 is 0 Å². The molecule has 4 fully saturated rings. The van der Waals surface area contributed by atoms with E-state index in [-0.39, 0.29) is 0 Å². The van der Waals surface area contributed by atoms with E-state index in [1.165, 1.54) is 30.6 Å². The van der Waals surface area contributed by atoms with E-state index in [1.54, 1.807) is 11.3 Å². The van der Waals surface area contributed by atoms with Crippen molar-refractivity contribution in [1.29, 1.82) is 0 Å². The molecule has 5 rings (SSSR count). The Labute approximate surface area is 107 Å². The van der Waals surface area contributed by atoms with E-state index in [9.17, 15) is 0 Å². The highest BCUT2D eigenvalue weighted by molar-refractivity contribution is 7.12. The summed E-state index contributed by atoms with van der Waals surface area (Å²) in [6.45, 7) is 0.720. The van der Waals surface area contributed by atoms with Gasteiger partial charge in [-0.1, -0.05) is 0 Å². The van der Waals surface area contributed by atoms with Crippen LogP contribution in [-0.2, 0) is 6.54 Å². The molecule has 0 saturated heterocycles. The van der Waals surface area contributed by atoms with Crippen LogP contribution in [0.25, 0.3) is 0 Å². The fraction of sp³-hybridized carbons (Fsp3) is 0.733. The van der Waals surface area contributed by atoms with Crippen molar-refractivity contribution in [3.05, 3.63) is 21.9 Å². The average Bonchev–Trinajstić information content (AvgIpc) is 2.76. The third-order valence-corrected chi connectivity index (χ3v) is 6.65. The summed E-state index contributed by atoms with van der Waals surface area (Å²) in [6, 6.07) is 4.63. The molecule has 0 unspecified atom stereocenters. The average molecular weight is 247 g/mol. The molecule has 0 amide bonds. The molecule has 4 bridgehead atoms. The smallest absolute Gasteiger partial charge is 0.0273 e. The molecule has 4 aliphatic rings. The zero-order valence-electron chi connectivity index (χ0n) is 10.3. The molecule has 1 aromatic heterocycles. The fourth-order valence-corrected chi connectivity index (χ4v) is 6.25. The third-order valence-electron chi connectivity index (χ3n) is 5.44. The normalized spacial score (nSPS) is 43.2. The molecule has 1 aromatic rings. The Balaban J connectivity index is 1.65. The summed E-state index contributed by atoms with van der Waals surface area (Å²) >= 11 is 1.99. The lowest BCUT2D eigenvalue weighted by atomic mass is 9.51. The molecule has 4 aliphatic carbocycles. The van der Waals surface area contributed by atoms with Gasteiger partial charge in [0, 0.05) is 16.3 Å². The summed E-state index contributed by atoms with van der Waals surface area (Å²) in [5.41, 5.74) is 5.75. The predicted molar refractivity (Wildman–Crippen MR) is 72.0 cm³/mol. The van der Waals surface area contributed by atoms with Gasteiger partial charge in [0.05, 0.1) is 0 Å². The molecule has 17 heavy (non-hydrogen) atoms. The van der Waals surface area contributed by atoms with Gasteiger partial charge in [-0.05, 0) is 73.8 Å². The van der Waals surface area contributed by atoms with Crippen LogP contribution in [0.15, 0.2) is 12.1 Å². The van der Waals surface area contributed by atoms with Gasteiger partial charge in [-0.2, -0.15) is 0 Å². The molecule has 0 radical (unpaired) electrons. The number of hydrogen-bond donors (Lipinski definition) is 1. The fourth-order valence-electron chi connectivity index (χ4n) is 5.07. The van der Waals surface area contributed by atoms with Crippen LogP contribution >= 0.6 is 11.3 Å². The first-order valence-corrected chi connectivity index (χ1v) is 7.94. The molecular weight excluding hydrogens is 226 g/mol. The van der Waals surface area contributed by atoms with Crippen molar-refractivity contribution in [2.24, 2.45) is 29.4 Å². The lowest BCUT2D eigenvalue weighted by molar-refractivity contribution is -0.00160. The minimum atomic E-state index is 0.720. The highest BCUT2D eigenvalue weighted by atomic mass is 32.1. The Morgan fingerprint density at radius 3 is 2.18 bits per heavy atom. The monoisotopic (exact) mass is 247 g/mol. The van der Waals surface area contributed by atoms with Crippen molar-refractivity contribution in [1.82, 2.24) is 0 Å². The van der Waals surface area contributed by atoms with E-state index < -0.39 is 0 Å². The first kappa shape index (κ1) is 10.6. The van der Waals surface area contributed by atoms with E-state index in [4.69, 9.17) is 5.73 Å². The Bertz CT molecular complexity index is 394.